The third kappa shape index (κ3) is 3.93. The number of benzene rings is 1. The first-order valence-corrected chi connectivity index (χ1v) is 6.46. The first-order chi connectivity index (χ1) is 8.24. The van der Waals surface area contributed by atoms with E-state index >= 15 is 0 Å². The van der Waals surface area contributed by atoms with Crippen LogP contribution in [-0.2, 0) is 0 Å². The molecule has 1 unspecified atom stereocenters. The van der Waals surface area contributed by atoms with Crippen LogP contribution in [0.1, 0.15) is 27.2 Å². The summed E-state index contributed by atoms with van der Waals surface area (Å²) in [5, 5.41) is 0. The predicted molar refractivity (Wildman–Crippen MR) is 73.8 cm³/mol. The van der Waals surface area contributed by atoms with Crippen molar-refractivity contribution in [2.45, 2.75) is 33.3 Å². The standard InChI is InChI=1S/C14H24N2O/c1-4-13(11-15)17-14-9-7-8-12(10-14)16(5-2)6-3/h7-10,13H,4-6,11,15H2,1-3H3. The summed E-state index contributed by atoms with van der Waals surface area (Å²) in [4.78, 5) is 2.30. The second kappa shape index (κ2) is 7.17. The van der Waals surface area contributed by atoms with Crippen LogP contribution in [0.5, 0.6) is 5.75 Å². The third-order valence-electron chi connectivity index (χ3n) is 2.97. The monoisotopic (exact) mass is 236 g/mol. The summed E-state index contributed by atoms with van der Waals surface area (Å²) < 4.78 is 5.84. The molecule has 0 aliphatic rings. The number of hydrogen-bond donors (Lipinski definition) is 1. The fraction of sp³-hybridized carbons (Fsp3) is 0.571. The Morgan fingerprint density at radius 3 is 2.47 bits per heavy atom. The SMILES string of the molecule is CCC(CN)Oc1cccc(N(CC)CC)c1. The van der Waals surface area contributed by atoms with E-state index in [9.17, 15) is 0 Å². The summed E-state index contributed by atoms with van der Waals surface area (Å²) in [5.41, 5.74) is 6.85. The van der Waals surface area contributed by atoms with Crippen molar-refractivity contribution in [3.05, 3.63) is 24.3 Å². The van der Waals surface area contributed by atoms with E-state index in [1.54, 1.807) is 0 Å². The highest BCUT2D eigenvalue weighted by Gasteiger charge is 2.07. The topological polar surface area (TPSA) is 38.5 Å². The van der Waals surface area contributed by atoms with Gasteiger partial charge in [-0.1, -0.05) is 13.0 Å². The Morgan fingerprint density at radius 2 is 1.94 bits per heavy atom. The van der Waals surface area contributed by atoms with Gasteiger partial charge in [-0.05, 0) is 32.4 Å². The molecule has 0 spiro atoms. The van der Waals surface area contributed by atoms with E-state index in [0.717, 1.165) is 25.3 Å². The molecule has 0 aliphatic heterocycles. The van der Waals surface area contributed by atoms with Crippen molar-refractivity contribution < 1.29 is 4.74 Å². The van der Waals surface area contributed by atoms with Gasteiger partial charge in [-0.15, -0.1) is 0 Å². The molecular weight excluding hydrogens is 212 g/mol. The number of nitrogens with zero attached hydrogens (tertiary/aromatic N) is 1. The van der Waals surface area contributed by atoms with Crippen LogP contribution < -0.4 is 15.4 Å². The lowest BCUT2D eigenvalue weighted by atomic mass is 10.2. The van der Waals surface area contributed by atoms with Crippen molar-refractivity contribution in [3.8, 4) is 5.75 Å². The lowest BCUT2D eigenvalue weighted by molar-refractivity contribution is 0.205. The van der Waals surface area contributed by atoms with E-state index in [0.29, 0.717) is 6.54 Å². The van der Waals surface area contributed by atoms with Crippen LogP contribution in [0, 0.1) is 0 Å². The van der Waals surface area contributed by atoms with Gasteiger partial charge in [0.25, 0.3) is 0 Å². The number of hydrogen-bond acceptors (Lipinski definition) is 3. The van der Waals surface area contributed by atoms with Crippen molar-refractivity contribution in [2.24, 2.45) is 5.73 Å². The van der Waals surface area contributed by atoms with Gasteiger partial charge in [0, 0.05) is 31.4 Å². The maximum absolute atomic E-state index is 5.84. The maximum Gasteiger partial charge on any atom is 0.121 e. The van der Waals surface area contributed by atoms with Crippen molar-refractivity contribution in [1.29, 1.82) is 0 Å². The van der Waals surface area contributed by atoms with Crippen LogP contribution in [0.4, 0.5) is 5.69 Å². The Hall–Kier alpha value is -1.22. The largest absolute Gasteiger partial charge is 0.489 e. The molecule has 2 N–H and O–H groups in total. The average molecular weight is 236 g/mol. The van der Waals surface area contributed by atoms with E-state index in [2.05, 4.69) is 37.8 Å². The lowest BCUT2D eigenvalue weighted by Gasteiger charge is -2.22. The van der Waals surface area contributed by atoms with E-state index < -0.39 is 0 Å². The van der Waals surface area contributed by atoms with Gasteiger partial charge in [-0.2, -0.15) is 0 Å². The smallest absolute Gasteiger partial charge is 0.121 e. The number of nitrogens with two attached hydrogens (primary N) is 1. The van der Waals surface area contributed by atoms with Gasteiger partial charge in [0.05, 0.1) is 0 Å². The van der Waals surface area contributed by atoms with Gasteiger partial charge in [-0.3, -0.25) is 0 Å². The van der Waals surface area contributed by atoms with Crippen molar-refractivity contribution in [2.75, 3.05) is 24.5 Å². The van der Waals surface area contributed by atoms with Gasteiger partial charge in [-0.25, -0.2) is 0 Å². The van der Waals surface area contributed by atoms with Gasteiger partial charge >= 0.3 is 0 Å². The molecule has 1 aromatic rings. The van der Waals surface area contributed by atoms with Crippen molar-refractivity contribution >= 4 is 5.69 Å². The molecule has 17 heavy (non-hydrogen) atoms. The molecule has 1 atom stereocenters. The molecule has 0 fully saturated rings. The van der Waals surface area contributed by atoms with Crippen molar-refractivity contribution in [3.63, 3.8) is 0 Å². The Labute approximate surface area is 105 Å². The first-order valence-electron chi connectivity index (χ1n) is 6.46. The summed E-state index contributed by atoms with van der Waals surface area (Å²) >= 11 is 0. The van der Waals surface area contributed by atoms with Gasteiger partial charge in [0.15, 0.2) is 0 Å². The molecule has 3 heteroatoms. The molecule has 0 heterocycles. The predicted octanol–water partition coefficient (Wildman–Crippen LogP) is 2.65. The van der Waals surface area contributed by atoms with Crippen LogP contribution in [0.2, 0.25) is 0 Å². The quantitative estimate of drug-likeness (QED) is 0.791. The minimum absolute atomic E-state index is 0.113. The zero-order chi connectivity index (χ0) is 12.7. The van der Waals surface area contributed by atoms with Crippen LogP contribution in [-0.4, -0.2) is 25.7 Å². The molecule has 0 saturated heterocycles. The van der Waals surface area contributed by atoms with Gasteiger partial charge in [0.2, 0.25) is 0 Å². The Morgan fingerprint density at radius 1 is 1.24 bits per heavy atom. The zero-order valence-electron chi connectivity index (χ0n) is 11.1. The molecule has 1 aromatic carbocycles. The highest BCUT2D eigenvalue weighted by molar-refractivity contribution is 5.50. The number of ether oxygens (including phenoxy) is 1. The average Bonchev–Trinajstić information content (AvgIpc) is 2.38. The molecule has 0 bridgehead atoms. The first kappa shape index (κ1) is 13.8. The highest BCUT2D eigenvalue weighted by Crippen LogP contribution is 2.22. The molecule has 0 radical (unpaired) electrons. The minimum atomic E-state index is 0.113. The molecule has 96 valence electrons. The van der Waals surface area contributed by atoms with Gasteiger partial charge in [0.1, 0.15) is 11.9 Å². The lowest BCUT2D eigenvalue weighted by Crippen LogP contribution is -2.26. The molecule has 3 nitrogen and oxygen atoms in total. The summed E-state index contributed by atoms with van der Waals surface area (Å²) in [5.74, 6) is 0.909. The summed E-state index contributed by atoms with van der Waals surface area (Å²) in [6, 6.07) is 8.23. The van der Waals surface area contributed by atoms with Crippen LogP contribution in [0.15, 0.2) is 24.3 Å². The van der Waals surface area contributed by atoms with Crippen LogP contribution >= 0.6 is 0 Å². The fourth-order valence-corrected chi connectivity index (χ4v) is 1.83. The maximum atomic E-state index is 5.84. The summed E-state index contributed by atoms with van der Waals surface area (Å²) in [6.07, 6.45) is 1.05. The third-order valence-corrected chi connectivity index (χ3v) is 2.97. The zero-order valence-corrected chi connectivity index (χ0v) is 11.1. The highest BCUT2D eigenvalue weighted by atomic mass is 16.5. The van der Waals surface area contributed by atoms with E-state index in [1.165, 1.54) is 5.69 Å². The fourth-order valence-electron chi connectivity index (χ4n) is 1.83. The van der Waals surface area contributed by atoms with Crippen molar-refractivity contribution in [1.82, 2.24) is 0 Å². The second-order valence-electron chi connectivity index (χ2n) is 4.05. The Kier molecular flexibility index (Phi) is 5.84. The second-order valence-corrected chi connectivity index (χ2v) is 4.05. The van der Waals surface area contributed by atoms with Crippen LogP contribution in [0.25, 0.3) is 0 Å². The molecular formula is C14H24N2O. The van der Waals surface area contributed by atoms with Crippen LogP contribution in [0.3, 0.4) is 0 Å². The molecule has 0 saturated carbocycles. The molecule has 1 rings (SSSR count). The minimum Gasteiger partial charge on any atom is -0.489 e. The van der Waals surface area contributed by atoms with E-state index in [4.69, 9.17) is 10.5 Å². The number of rotatable bonds is 7. The summed E-state index contributed by atoms with van der Waals surface area (Å²) in [7, 11) is 0. The van der Waals surface area contributed by atoms with E-state index in [1.807, 2.05) is 12.1 Å². The summed E-state index contributed by atoms with van der Waals surface area (Å²) in [6.45, 7) is 8.98. The Balaban J connectivity index is 2.77. The Bertz CT molecular complexity index is 320. The van der Waals surface area contributed by atoms with E-state index in [-0.39, 0.29) is 6.10 Å². The number of anilines is 1. The van der Waals surface area contributed by atoms with Gasteiger partial charge < -0.3 is 15.4 Å². The normalized spacial score (nSPS) is 12.2. The molecule has 0 amide bonds. The molecule has 0 aromatic heterocycles. The molecule has 0 aliphatic carbocycles.